The average Bonchev–Trinajstić information content (AvgIpc) is 2.47. The minimum atomic E-state index is -1.45. The van der Waals surface area contributed by atoms with Gasteiger partial charge in [-0.1, -0.05) is 39.0 Å². The Labute approximate surface area is 129 Å². The molecule has 1 saturated heterocycles. The van der Waals surface area contributed by atoms with Gasteiger partial charge in [-0.15, -0.1) is 0 Å². The third-order valence-corrected chi connectivity index (χ3v) is 3.79. The van der Waals surface area contributed by atoms with Crippen LogP contribution in [0.25, 0.3) is 0 Å². The maximum absolute atomic E-state index is 10.0. The Balaban J connectivity index is 2.23. The summed E-state index contributed by atoms with van der Waals surface area (Å²) in [6, 6.07) is 7.36. The van der Waals surface area contributed by atoms with Gasteiger partial charge in [0.1, 0.15) is 30.2 Å². The van der Waals surface area contributed by atoms with E-state index in [0.717, 1.165) is 5.56 Å². The van der Waals surface area contributed by atoms with E-state index >= 15 is 0 Å². The summed E-state index contributed by atoms with van der Waals surface area (Å²) >= 11 is 0. The summed E-state index contributed by atoms with van der Waals surface area (Å²) in [4.78, 5) is 0. The maximum atomic E-state index is 10.0. The van der Waals surface area contributed by atoms with Gasteiger partial charge >= 0.3 is 0 Å². The summed E-state index contributed by atoms with van der Waals surface area (Å²) < 4.78 is 11.1. The lowest BCUT2D eigenvalue weighted by molar-refractivity contribution is -0.277. The summed E-state index contributed by atoms with van der Waals surface area (Å²) in [5.74, 6) is 0.527. The highest BCUT2D eigenvalue weighted by Gasteiger charge is 2.45. The molecule has 6 heteroatoms. The van der Waals surface area contributed by atoms with E-state index in [4.69, 9.17) is 9.47 Å². The van der Waals surface area contributed by atoms with Crippen molar-refractivity contribution in [2.45, 2.75) is 56.9 Å². The Morgan fingerprint density at radius 1 is 1.05 bits per heavy atom. The quantitative estimate of drug-likeness (QED) is 0.635. The van der Waals surface area contributed by atoms with Crippen LogP contribution < -0.4 is 4.74 Å². The second-order valence-electron chi connectivity index (χ2n) is 6.56. The van der Waals surface area contributed by atoms with Crippen LogP contribution in [0.1, 0.15) is 26.3 Å². The van der Waals surface area contributed by atoms with Crippen molar-refractivity contribution in [3.63, 3.8) is 0 Å². The van der Waals surface area contributed by atoms with Gasteiger partial charge in [0.15, 0.2) is 0 Å². The zero-order valence-electron chi connectivity index (χ0n) is 13.0. The lowest BCUT2D eigenvalue weighted by Gasteiger charge is -2.40. The van der Waals surface area contributed by atoms with E-state index < -0.39 is 37.3 Å². The Morgan fingerprint density at radius 2 is 1.68 bits per heavy atom. The summed E-state index contributed by atoms with van der Waals surface area (Å²) in [5, 5.41) is 38.8. The van der Waals surface area contributed by atoms with Crippen molar-refractivity contribution < 1.29 is 29.9 Å². The molecule has 1 aromatic carbocycles. The van der Waals surface area contributed by atoms with Crippen molar-refractivity contribution in [2.24, 2.45) is 0 Å². The molecule has 1 aliphatic rings. The van der Waals surface area contributed by atoms with Gasteiger partial charge in [0.05, 0.1) is 6.61 Å². The molecule has 22 heavy (non-hydrogen) atoms. The molecule has 1 fully saturated rings. The highest BCUT2D eigenvalue weighted by atomic mass is 16.7. The highest BCUT2D eigenvalue weighted by molar-refractivity contribution is 5.38. The molecule has 5 atom stereocenters. The zero-order chi connectivity index (χ0) is 16.5. The predicted molar refractivity (Wildman–Crippen MR) is 79.5 cm³/mol. The number of rotatable bonds is 3. The van der Waals surface area contributed by atoms with Gasteiger partial charge in [0.25, 0.3) is 0 Å². The topological polar surface area (TPSA) is 99.4 Å². The number of hydrogen-bond donors (Lipinski definition) is 4. The standard InChI is InChI=1S/C16H24O6/c1-16(2,3)9-6-4-5-7-10(9)21-15-14(20)13(19)12(18)11(8-17)22-15/h4-7,11-15,17-20H,8H2,1-3H3/t11-,12-,13+,14-,15-/m1/s1. The Hall–Kier alpha value is -1.18. The lowest BCUT2D eigenvalue weighted by Crippen LogP contribution is -2.60. The number of benzene rings is 1. The van der Waals surface area contributed by atoms with E-state index in [1.807, 2.05) is 32.9 Å². The molecule has 2 rings (SSSR count). The average molecular weight is 312 g/mol. The first-order valence-corrected chi connectivity index (χ1v) is 7.32. The number of aliphatic hydroxyl groups is 4. The first-order chi connectivity index (χ1) is 10.3. The molecule has 1 aromatic rings. The van der Waals surface area contributed by atoms with E-state index in [-0.39, 0.29) is 5.41 Å². The van der Waals surface area contributed by atoms with Crippen LogP contribution in [0.4, 0.5) is 0 Å². The molecule has 0 spiro atoms. The van der Waals surface area contributed by atoms with Crippen LogP contribution in [0.5, 0.6) is 5.75 Å². The second kappa shape index (κ2) is 6.52. The monoisotopic (exact) mass is 312 g/mol. The molecule has 4 N–H and O–H groups in total. The van der Waals surface area contributed by atoms with Crippen LogP contribution in [-0.2, 0) is 10.2 Å². The number of aliphatic hydroxyl groups excluding tert-OH is 4. The Bertz CT molecular complexity index is 496. The molecule has 6 nitrogen and oxygen atoms in total. The van der Waals surface area contributed by atoms with Crippen molar-refractivity contribution in [3.8, 4) is 5.75 Å². The van der Waals surface area contributed by atoms with Crippen molar-refractivity contribution in [1.29, 1.82) is 0 Å². The van der Waals surface area contributed by atoms with Crippen LogP contribution in [0, 0.1) is 0 Å². The van der Waals surface area contributed by atoms with Crippen LogP contribution >= 0.6 is 0 Å². The molecule has 0 amide bonds. The molecule has 0 radical (unpaired) electrons. The van der Waals surface area contributed by atoms with Gasteiger partial charge in [0, 0.05) is 0 Å². The summed E-state index contributed by atoms with van der Waals surface area (Å²) in [7, 11) is 0. The smallest absolute Gasteiger partial charge is 0.229 e. The zero-order valence-corrected chi connectivity index (χ0v) is 13.0. The van der Waals surface area contributed by atoms with E-state index in [1.54, 1.807) is 12.1 Å². The Kier molecular flexibility index (Phi) is 5.09. The van der Waals surface area contributed by atoms with Crippen LogP contribution in [0.15, 0.2) is 24.3 Å². The fraction of sp³-hybridized carbons (Fsp3) is 0.625. The lowest BCUT2D eigenvalue weighted by atomic mass is 9.86. The third-order valence-electron chi connectivity index (χ3n) is 3.79. The SMILES string of the molecule is CC(C)(C)c1ccccc1O[C@@H]1O[C@H](CO)[C@@H](O)[C@H](O)[C@H]1O. The molecule has 124 valence electrons. The van der Waals surface area contributed by atoms with Gasteiger partial charge in [-0.25, -0.2) is 0 Å². The molecule has 0 saturated carbocycles. The first-order valence-electron chi connectivity index (χ1n) is 7.32. The molecule has 1 heterocycles. The largest absolute Gasteiger partial charge is 0.462 e. The maximum Gasteiger partial charge on any atom is 0.229 e. The van der Waals surface area contributed by atoms with E-state index in [9.17, 15) is 20.4 Å². The van der Waals surface area contributed by atoms with Crippen molar-refractivity contribution >= 4 is 0 Å². The van der Waals surface area contributed by atoms with Gasteiger partial charge in [-0.2, -0.15) is 0 Å². The van der Waals surface area contributed by atoms with Crippen molar-refractivity contribution in [3.05, 3.63) is 29.8 Å². The van der Waals surface area contributed by atoms with Crippen LogP contribution in [0.3, 0.4) is 0 Å². The molecular weight excluding hydrogens is 288 g/mol. The highest BCUT2D eigenvalue weighted by Crippen LogP contribution is 2.33. The second-order valence-corrected chi connectivity index (χ2v) is 6.56. The molecule has 1 aliphatic heterocycles. The molecular formula is C16H24O6. The fourth-order valence-corrected chi connectivity index (χ4v) is 2.48. The van der Waals surface area contributed by atoms with Gasteiger partial charge in [0.2, 0.25) is 6.29 Å². The third kappa shape index (κ3) is 3.42. The van der Waals surface area contributed by atoms with Gasteiger partial charge in [-0.3, -0.25) is 0 Å². The van der Waals surface area contributed by atoms with Crippen LogP contribution in [-0.4, -0.2) is 57.7 Å². The summed E-state index contributed by atoms with van der Waals surface area (Å²) in [6.07, 6.45) is -6.40. The van der Waals surface area contributed by atoms with E-state index in [0.29, 0.717) is 5.75 Å². The minimum Gasteiger partial charge on any atom is -0.462 e. The molecule has 0 aromatic heterocycles. The predicted octanol–water partition coefficient (Wildman–Crippen LogP) is 0.163. The van der Waals surface area contributed by atoms with E-state index in [2.05, 4.69) is 0 Å². The Morgan fingerprint density at radius 3 is 2.27 bits per heavy atom. The fourth-order valence-electron chi connectivity index (χ4n) is 2.48. The van der Waals surface area contributed by atoms with Crippen molar-refractivity contribution in [2.75, 3.05) is 6.61 Å². The van der Waals surface area contributed by atoms with Crippen molar-refractivity contribution in [1.82, 2.24) is 0 Å². The normalized spacial score (nSPS) is 32.8. The number of para-hydroxylation sites is 1. The number of ether oxygens (including phenoxy) is 2. The minimum absolute atomic E-state index is 0.176. The van der Waals surface area contributed by atoms with Crippen LogP contribution in [0.2, 0.25) is 0 Å². The molecule has 0 unspecified atom stereocenters. The summed E-state index contributed by atoms with van der Waals surface area (Å²) in [6.45, 7) is 5.61. The summed E-state index contributed by atoms with van der Waals surface area (Å²) in [5.41, 5.74) is 0.747. The van der Waals surface area contributed by atoms with Gasteiger partial charge < -0.3 is 29.9 Å². The molecule has 0 aliphatic carbocycles. The van der Waals surface area contributed by atoms with Gasteiger partial charge in [-0.05, 0) is 17.0 Å². The van der Waals surface area contributed by atoms with E-state index in [1.165, 1.54) is 0 Å². The first kappa shape index (κ1) is 17.2. The number of hydrogen-bond acceptors (Lipinski definition) is 6. The molecule has 0 bridgehead atoms.